The summed E-state index contributed by atoms with van der Waals surface area (Å²) < 4.78 is 2.20. The molecule has 0 fully saturated rings. The van der Waals surface area contributed by atoms with E-state index in [1.54, 1.807) is 24.8 Å². The van der Waals surface area contributed by atoms with Gasteiger partial charge in [-0.3, -0.25) is 4.98 Å². The highest BCUT2D eigenvalue weighted by Crippen LogP contribution is 2.24. The number of rotatable bonds is 4. The van der Waals surface area contributed by atoms with E-state index in [-0.39, 0.29) is 0 Å². The molecule has 0 aliphatic carbocycles. The van der Waals surface area contributed by atoms with Crippen LogP contribution in [0.4, 0.5) is 11.6 Å². The first-order valence-electron chi connectivity index (χ1n) is 8.47. The van der Waals surface area contributed by atoms with Crippen LogP contribution in [0.25, 0.3) is 22.4 Å². The molecule has 0 spiro atoms. The van der Waals surface area contributed by atoms with E-state index in [1.807, 2.05) is 31.2 Å². The summed E-state index contributed by atoms with van der Waals surface area (Å²) in [6, 6.07) is 7.94. The van der Waals surface area contributed by atoms with Crippen LogP contribution in [-0.4, -0.2) is 29.5 Å². The molecule has 4 aromatic rings. The number of nitrogens with one attached hydrogen (secondary N) is 1. The Kier molecular flexibility index (Phi) is 4.04. The molecule has 1 N–H and O–H groups in total. The zero-order valence-corrected chi connectivity index (χ0v) is 14.9. The maximum absolute atomic E-state index is 4.58. The van der Waals surface area contributed by atoms with Crippen LogP contribution < -0.4 is 5.32 Å². The third-order valence-corrected chi connectivity index (χ3v) is 4.10. The second-order valence-corrected chi connectivity index (χ2v) is 6.31. The van der Waals surface area contributed by atoms with Crippen LogP contribution in [0.5, 0.6) is 0 Å². The van der Waals surface area contributed by atoms with E-state index in [0.717, 1.165) is 28.2 Å². The Morgan fingerprint density at radius 2 is 1.88 bits per heavy atom. The Morgan fingerprint density at radius 1 is 1.00 bits per heavy atom. The maximum atomic E-state index is 4.58. The fourth-order valence-electron chi connectivity index (χ4n) is 3.03. The summed E-state index contributed by atoms with van der Waals surface area (Å²) in [7, 11) is 0. The largest absolute Gasteiger partial charge is 0.326 e. The van der Waals surface area contributed by atoms with Crippen LogP contribution in [0.15, 0.2) is 49.1 Å². The van der Waals surface area contributed by atoms with E-state index < -0.39 is 0 Å². The van der Waals surface area contributed by atoms with E-state index in [2.05, 4.69) is 48.7 Å². The highest BCUT2D eigenvalue weighted by atomic mass is 15.1. The molecule has 0 aromatic carbocycles. The van der Waals surface area contributed by atoms with Gasteiger partial charge in [0.1, 0.15) is 23.0 Å². The van der Waals surface area contributed by atoms with Crippen LogP contribution in [-0.2, 0) is 0 Å². The van der Waals surface area contributed by atoms with Gasteiger partial charge in [-0.2, -0.15) is 0 Å². The van der Waals surface area contributed by atoms with Gasteiger partial charge in [0, 0.05) is 36.3 Å². The summed E-state index contributed by atoms with van der Waals surface area (Å²) in [4.78, 5) is 22.0. The van der Waals surface area contributed by atoms with E-state index in [9.17, 15) is 0 Å². The van der Waals surface area contributed by atoms with Gasteiger partial charge in [-0.1, -0.05) is 0 Å². The molecule has 130 valence electrons. The molecule has 0 aliphatic heterocycles. The Morgan fingerprint density at radius 3 is 2.65 bits per heavy atom. The molecule has 7 heteroatoms. The maximum Gasteiger partial charge on any atom is 0.163 e. The van der Waals surface area contributed by atoms with Gasteiger partial charge in [0.05, 0.1) is 11.7 Å². The van der Waals surface area contributed by atoms with Crippen LogP contribution in [0.3, 0.4) is 0 Å². The minimum Gasteiger partial charge on any atom is -0.326 e. The second kappa shape index (κ2) is 6.51. The lowest BCUT2D eigenvalue weighted by Gasteiger charge is -2.11. The monoisotopic (exact) mass is 345 g/mol. The number of anilines is 2. The van der Waals surface area contributed by atoms with E-state index in [1.165, 1.54) is 0 Å². The Labute approximate surface area is 151 Å². The molecule has 0 atom stereocenters. The molecule has 0 saturated carbocycles. The Bertz CT molecular complexity index is 1050. The summed E-state index contributed by atoms with van der Waals surface area (Å²) >= 11 is 0. The molecule has 0 aliphatic rings. The summed E-state index contributed by atoms with van der Waals surface area (Å²) in [5.41, 5.74) is 2.81. The van der Waals surface area contributed by atoms with Crippen molar-refractivity contribution in [2.45, 2.75) is 26.8 Å². The average Bonchev–Trinajstić information content (AvgIpc) is 2.98. The van der Waals surface area contributed by atoms with E-state index in [4.69, 9.17) is 0 Å². The molecule has 7 nitrogen and oxygen atoms in total. The van der Waals surface area contributed by atoms with Gasteiger partial charge in [-0.25, -0.2) is 19.9 Å². The first kappa shape index (κ1) is 16.1. The van der Waals surface area contributed by atoms with Crippen molar-refractivity contribution in [1.29, 1.82) is 0 Å². The van der Waals surface area contributed by atoms with Crippen molar-refractivity contribution >= 4 is 22.7 Å². The molecule has 4 rings (SSSR count). The fraction of sp³-hybridized carbons (Fsp3) is 0.211. The van der Waals surface area contributed by atoms with Crippen molar-refractivity contribution < 1.29 is 0 Å². The third kappa shape index (κ3) is 2.99. The number of fused-ring (bicyclic) bond motifs is 1. The van der Waals surface area contributed by atoms with Crippen LogP contribution in [0.1, 0.15) is 25.7 Å². The minimum absolute atomic E-state index is 0.325. The molecule has 0 bridgehead atoms. The molecule has 4 heterocycles. The zero-order valence-electron chi connectivity index (χ0n) is 14.9. The minimum atomic E-state index is 0.325. The van der Waals surface area contributed by atoms with Crippen LogP contribution in [0, 0.1) is 6.92 Å². The third-order valence-electron chi connectivity index (χ3n) is 4.10. The van der Waals surface area contributed by atoms with Crippen molar-refractivity contribution in [3.05, 3.63) is 54.9 Å². The lowest BCUT2D eigenvalue weighted by molar-refractivity contribution is 0.600. The van der Waals surface area contributed by atoms with Crippen LogP contribution in [0.2, 0.25) is 0 Å². The predicted octanol–water partition coefficient (Wildman–Crippen LogP) is 3.92. The predicted molar refractivity (Wildman–Crippen MR) is 101 cm³/mol. The van der Waals surface area contributed by atoms with E-state index >= 15 is 0 Å². The second-order valence-electron chi connectivity index (χ2n) is 6.31. The number of nitrogens with zero attached hydrogens (tertiary/aromatic N) is 6. The molecule has 26 heavy (non-hydrogen) atoms. The number of aromatic nitrogens is 6. The van der Waals surface area contributed by atoms with Gasteiger partial charge < -0.3 is 9.88 Å². The average molecular weight is 345 g/mol. The lowest BCUT2D eigenvalue weighted by Crippen LogP contribution is -2.03. The van der Waals surface area contributed by atoms with Gasteiger partial charge in [0.15, 0.2) is 5.82 Å². The highest BCUT2D eigenvalue weighted by molar-refractivity contribution is 5.79. The van der Waals surface area contributed by atoms with Gasteiger partial charge in [0.25, 0.3) is 0 Å². The van der Waals surface area contributed by atoms with E-state index in [0.29, 0.717) is 17.7 Å². The molecular weight excluding hydrogens is 326 g/mol. The molecule has 0 saturated heterocycles. The van der Waals surface area contributed by atoms with Gasteiger partial charge >= 0.3 is 0 Å². The van der Waals surface area contributed by atoms with Crippen molar-refractivity contribution in [3.63, 3.8) is 0 Å². The summed E-state index contributed by atoms with van der Waals surface area (Å²) in [5, 5.41) is 3.26. The number of imidazole rings is 1. The molecular formula is C19H19N7. The fourth-order valence-corrected chi connectivity index (χ4v) is 3.03. The first-order valence-corrected chi connectivity index (χ1v) is 8.47. The quantitative estimate of drug-likeness (QED) is 0.604. The smallest absolute Gasteiger partial charge is 0.163 e. The number of hydrogen-bond acceptors (Lipinski definition) is 6. The van der Waals surface area contributed by atoms with Gasteiger partial charge in [-0.15, -0.1) is 0 Å². The summed E-state index contributed by atoms with van der Waals surface area (Å²) in [6.45, 7) is 6.30. The van der Waals surface area contributed by atoms with Gasteiger partial charge in [0.2, 0.25) is 0 Å². The zero-order chi connectivity index (χ0) is 18.1. The number of hydrogen-bond donors (Lipinski definition) is 1. The van der Waals surface area contributed by atoms with Crippen LogP contribution >= 0.6 is 0 Å². The number of aryl methyl sites for hydroxylation is 1. The Balaban J connectivity index is 1.68. The SMILES string of the molecule is Cc1nc2cnc(Nc3ccnc(-c4cccnc4)n3)cc2n1C(C)C. The van der Waals surface area contributed by atoms with Gasteiger partial charge in [-0.05, 0) is 39.0 Å². The standard InChI is InChI=1S/C19H19N7/c1-12(2)26-13(3)23-15-11-22-18(9-16(15)26)24-17-6-8-21-19(25-17)14-5-4-7-20-10-14/h4-12H,1-3H3,(H,21,22,24,25). The Hall–Kier alpha value is -3.35. The molecule has 0 radical (unpaired) electrons. The highest BCUT2D eigenvalue weighted by Gasteiger charge is 2.12. The summed E-state index contributed by atoms with van der Waals surface area (Å²) in [5.74, 6) is 3.00. The molecule has 4 aromatic heterocycles. The number of pyridine rings is 2. The molecule has 0 amide bonds. The van der Waals surface area contributed by atoms with Crippen molar-refractivity contribution in [3.8, 4) is 11.4 Å². The van der Waals surface area contributed by atoms with Crippen molar-refractivity contribution in [1.82, 2.24) is 29.5 Å². The lowest BCUT2D eigenvalue weighted by atomic mass is 10.2. The summed E-state index contributed by atoms with van der Waals surface area (Å²) in [6.07, 6.45) is 6.98. The van der Waals surface area contributed by atoms with Crippen molar-refractivity contribution in [2.75, 3.05) is 5.32 Å². The normalized spacial score (nSPS) is 11.2. The first-order chi connectivity index (χ1) is 12.6. The van der Waals surface area contributed by atoms with Crippen molar-refractivity contribution in [2.24, 2.45) is 0 Å². The topological polar surface area (TPSA) is 81.4 Å². The molecule has 0 unspecified atom stereocenters.